The molecule has 0 aliphatic rings. The van der Waals surface area contributed by atoms with Gasteiger partial charge < -0.3 is 13.6 Å². The third kappa shape index (κ3) is 4.89. The third-order valence-corrected chi connectivity index (χ3v) is 11.3. The Kier molecular flexibility index (Phi) is 6.86. The Hall–Kier alpha value is -7.76. The van der Waals surface area contributed by atoms with E-state index in [4.69, 9.17) is 14.4 Å². The second kappa shape index (κ2) is 12.4. The highest BCUT2D eigenvalue weighted by Crippen LogP contribution is 2.42. The van der Waals surface area contributed by atoms with Gasteiger partial charge in [0.05, 0.1) is 44.5 Å². The normalized spacial score (nSPS) is 11.9. The van der Waals surface area contributed by atoms with Crippen LogP contribution in [0.2, 0.25) is 0 Å². The summed E-state index contributed by atoms with van der Waals surface area (Å²) in [4.78, 5) is 10.2. The van der Waals surface area contributed by atoms with Crippen LogP contribution in [0, 0.1) is 0 Å². The van der Waals surface area contributed by atoms with Gasteiger partial charge in [0.25, 0.3) is 0 Å². The van der Waals surface area contributed by atoms with E-state index in [1.807, 2.05) is 36.4 Å². The Morgan fingerprint density at radius 1 is 0.351 bits per heavy atom. The lowest BCUT2D eigenvalue weighted by atomic mass is 10.1. The SMILES string of the molecule is c1ccc(-c2cc(-c3ccccc3)nc(-c3ccc4c(c3)oc3cccc(-n5c6ccccc6c6cc7c8ccccc8n(-c8ccccc8)c7cc65)c34)n2)cc1. The van der Waals surface area contributed by atoms with E-state index < -0.39 is 0 Å². The van der Waals surface area contributed by atoms with Gasteiger partial charge in [0.2, 0.25) is 0 Å². The van der Waals surface area contributed by atoms with Crippen LogP contribution in [0.3, 0.4) is 0 Å². The number of hydrogen-bond acceptors (Lipinski definition) is 3. The first kappa shape index (κ1) is 31.6. The Morgan fingerprint density at radius 2 is 0.930 bits per heavy atom. The molecule has 0 saturated carbocycles. The van der Waals surface area contributed by atoms with Crippen LogP contribution >= 0.6 is 0 Å². The Balaban J connectivity index is 1.09. The van der Waals surface area contributed by atoms with Crippen molar-refractivity contribution in [1.29, 1.82) is 0 Å². The number of nitrogens with zero attached hydrogens (tertiary/aromatic N) is 4. The summed E-state index contributed by atoms with van der Waals surface area (Å²) in [5.41, 5.74) is 13.2. The number of rotatable bonds is 5. The van der Waals surface area contributed by atoms with Gasteiger partial charge in [-0.1, -0.05) is 127 Å². The molecule has 0 radical (unpaired) electrons. The van der Waals surface area contributed by atoms with Gasteiger partial charge in [0, 0.05) is 49.3 Å². The van der Waals surface area contributed by atoms with E-state index in [1.54, 1.807) is 0 Å². The predicted molar refractivity (Wildman–Crippen MR) is 234 cm³/mol. The molecule has 5 nitrogen and oxygen atoms in total. The fourth-order valence-corrected chi connectivity index (χ4v) is 8.77. The smallest absolute Gasteiger partial charge is 0.160 e. The minimum Gasteiger partial charge on any atom is -0.456 e. The second-order valence-corrected chi connectivity index (χ2v) is 14.6. The molecule has 0 saturated heterocycles. The van der Waals surface area contributed by atoms with Crippen LogP contribution in [0.1, 0.15) is 0 Å². The van der Waals surface area contributed by atoms with Crippen molar-refractivity contribution in [3.8, 4) is 45.3 Å². The molecule has 0 atom stereocenters. The zero-order valence-corrected chi connectivity index (χ0v) is 30.7. The zero-order valence-electron chi connectivity index (χ0n) is 30.7. The molecule has 0 aliphatic carbocycles. The third-order valence-electron chi connectivity index (χ3n) is 11.3. The molecule has 0 spiro atoms. The summed E-state index contributed by atoms with van der Waals surface area (Å²) < 4.78 is 11.5. The number of para-hydroxylation sites is 3. The number of fused-ring (bicyclic) bond motifs is 9. The Labute approximate surface area is 327 Å². The minimum atomic E-state index is 0.651. The summed E-state index contributed by atoms with van der Waals surface area (Å²) >= 11 is 0. The number of aromatic nitrogens is 4. The summed E-state index contributed by atoms with van der Waals surface area (Å²) in [5, 5.41) is 7.00. The molecule has 12 aromatic rings. The van der Waals surface area contributed by atoms with Gasteiger partial charge >= 0.3 is 0 Å². The maximum Gasteiger partial charge on any atom is 0.160 e. The van der Waals surface area contributed by atoms with Crippen molar-refractivity contribution in [3.05, 3.63) is 194 Å². The van der Waals surface area contributed by atoms with E-state index in [9.17, 15) is 0 Å². The molecule has 0 bridgehead atoms. The van der Waals surface area contributed by atoms with Crippen LogP contribution in [0.25, 0.3) is 111 Å². The lowest BCUT2D eigenvalue weighted by molar-refractivity contribution is 0.669. The van der Waals surface area contributed by atoms with Crippen molar-refractivity contribution in [2.45, 2.75) is 0 Å². The van der Waals surface area contributed by atoms with Crippen LogP contribution in [-0.4, -0.2) is 19.1 Å². The van der Waals surface area contributed by atoms with Crippen molar-refractivity contribution in [1.82, 2.24) is 19.1 Å². The first-order chi connectivity index (χ1) is 28.3. The lowest BCUT2D eigenvalue weighted by Gasteiger charge is -2.11. The first-order valence-electron chi connectivity index (χ1n) is 19.2. The van der Waals surface area contributed by atoms with Gasteiger partial charge in [0.15, 0.2) is 5.82 Å². The molecule has 0 amide bonds. The van der Waals surface area contributed by atoms with E-state index in [0.29, 0.717) is 5.82 Å². The van der Waals surface area contributed by atoms with Crippen LogP contribution in [0.4, 0.5) is 0 Å². The van der Waals surface area contributed by atoms with Crippen molar-refractivity contribution in [2.75, 3.05) is 0 Å². The van der Waals surface area contributed by atoms with E-state index >= 15 is 0 Å². The average molecular weight is 729 g/mol. The summed E-state index contributed by atoms with van der Waals surface area (Å²) in [6.45, 7) is 0. The molecule has 4 aromatic heterocycles. The molecule has 0 unspecified atom stereocenters. The van der Waals surface area contributed by atoms with Crippen molar-refractivity contribution >= 4 is 65.6 Å². The van der Waals surface area contributed by atoms with E-state index in [0.717, 1.165) is 72.4 Å². The van der Waals surface area contributed by atoms with Crippen LogP contribution in [0.15, 0.2) is 199 Å². The van der Waals surface area contributed by atoms with Crippen LogP contribution < -0.4 is 0 Å². The summed E-state index contributed by atoms with van der Waals surface area (Å²) in [6, 6.07) is 68.3. The highest BCUT2D eigenvalue weighted by Gasteiger charge is 2.21. The molecular weight excluding hydrogens is 697 g/mol. The molecular formula is C52H32N4O. The predicted octanol–water partition coefficient (Wildman–Crippen LogP) is 13.6. The van der Waals surface area contributed by atoms with Crippen LogP contribution in [0.5, 0.6) is 0 Å². The zero-order chi connectivity index (χ0) is 37.5. The molecule has 57 heavy (non-hydrogen) atoms. The number of hydrogen-bond donors (Lipinski definition) is 0. The van der Waals surface area contributed by atoms with Gasteiger partial charge in [-0.3, -0.25) is 0 Å². The van der Waals surface area contributed by atoms with Crippen molar-refractivity contribution < 1.29 is 4.42 Å². The molecule has 266 valence electrons. The van der Waals surface area contributed by atoms with E-state index in [2.05, 4.69) is 167 Å². The van der Waals surface area contributed by atoms with Crippen molar-refractivity contribution in [3.63, 3.8) is 0 Å². The molecule has 0 N–H and O–H groups in total. The number of furan rings is 1. The standard InChI is InChI=1S/C52H32N4O/c1-4-15-33(16-5-1)42-31-43(34-17-6-2-7-18-34)54-52(53-42)35-27-28-39-50(29-35)57-49-26-14-25-46(51(39)49)56-45-24-13-11-22-38(45)41-30-40-37-21-10-12-23-44(37)55(47(40)32-48(41)56)36-19-8-3-9-20-36/h1-32H. The Morgan fingerprint density at radius 3 is 1.60 bits per heavy atom. The maximum atomic E-state index is 6.72. The summed E-state index contributed by atoms with van der Waals surface area (Å²) in [6.07, 6.45) is 0. The topological polar surface area (TPSA) is 48.8 Å². The van der Waals surface area contributed by atoms with Gasteiger partial charge in [0.1, 0.15) is 11.2 Å². The van der Waals surface area contributed by atoms with Crippen LogP contribution in [-0.2, 0) is 0 Å². The molecule has 8 aromatic carbocycles. The van der Waals surface area contributed by atoms with E-state index in [-0.39, 0.29) is 0 Å². The lowest BCUT2D eigenvalue weighted by Crippen LogP contribution is -1.96. The minimum absolute atomic E-state index is 0.651. The highest BCUT2D eigenvalue weighted by atomic mass is 16.3. The molecule has 4 heterocycles. The average Bonchev–Trinajstić information content (AvgIpc) is 3.93. The molecule has 0 aliphatic heterocycles. The second-order valence-electron chi connectivity index (χ2n) is 14.6. The largest absolute Gasteiger partial charge is 0.456 e. The van der Waals surface area contributed by atoms with Gasteiger partial charge in [-0.05, 0) is 66.7 Å². The van der Waals surface area contributed by atoms with Gasteiger partial charge in [-0.2, -0.15) is 0 Å². The highest BCUT2D eigenvalue weighted by molar-refractivity contribution is 6.20. The summed E-state index contributed by atoms with van der Waals surface area (Å²) in [7, 11) is 0. The monoisotopic (exact) mass is 728 g/mol. The maximum absolute atomic E-state index is 6.72. The van der Waals surface area contributed by atoms with Crippen molar-refractivity contribution in [2.24, 2.45) is 0 Å². The molecule has 0 fully saturated rings. The fraction of sp³-hybridized carbons (Fsp3) is 0. The molecule has 12 rings (SSSR count). The quantitative estimate of drug-likeness (QED) is 0.177. The van der Waals surface area contributed by atoms with E-state index in [1.165, 1.54) is 32.6 Å². The summed E-state index contributed by atoms with van der Waals surface area (Å²) in [5.74, 6) is 0.651. The Bertz CT molecular complexity index is 3450. The van der Waals surface area contributed by atoms with Gasteiger partial charge in [-0.15, -0.1) is 0 Å². The number of benzene rings is 8. The van der Waals surface area contributed by atoms with Gasteiger partial charge in [-0.25, -0.2) is 9.97 Å². The first-order valence-corrected chi connectivity index (χ1v) is 19.2. The fourth-order valence-electron chi connectivity index (χ4n) is 8.77. The molecule has 5 heteroatoms.